The molecule has 2 aliphatic heterocycles. The monoisotopic (exact) mass is 316 g/mol. The van der Waals surface area contributed by atoms with Crippen LogP contribution in [0.5, 0.6) is 0 Å². The molecule has 0 aliphatic carbocycles. The van der Waals surface area contributed by atoms with Crippen molar-refractivity contribution in [1.82, 2.24) is 9.97 Å². The molecule has 0 bridgehead atoms. The van der Waals surface area contributed by atoms with Gasteiger partial charge in [0.05, 0.1) is 26.0 Å². The zero-order chi connectivity index (χ0) is 15.5. The molecule has 2 fully saturated rings. The number of aromatic nitrogens is 2. The normalized spacial score (nSPS) is 20.1. The molecule has 2 aliphatic rings. The quantitative estimate of drug-likeness (QED) is 0.925. The van der Waals surface area contributed by atoms with E-state index in [2.05, 4.69) is 20.2 Å². The van der Waals surface area contributed by atoms with E-state index < -0.39 is 0 Å². The van der Waals surface area contributed by atoms with Crippen molar-refractivity contribution in [1.29, 1.82) is 0 Å². The first-order chi connectivity index (χ1) is 11.3. The minimum absolute atomic E-state index is 0.357. The number of furan rings is 1. The van der Waals surface area contributed by atoms with E-state index >= 15 is 0 Å². The fraction of sp³-hybridized carbons (Fsp3) is 0.500. The van der Waals surface area contributed by atoms with Gasteiger partial charge in [-0.15, -0.1) is 0 Å². The summed E-state index contributed by atoms with van der Waals surface area (Å²) >= 11 is 0. The Kier molecular flexibility index (Phi) is 3.88. The van der Waals surface area contributed by atoms with E-state index in [-0.39, 0.29) is 5.79 Å². The van der Waals surface area contributed by atoms with Crippen molar-refractivity contribution in [2.75, 3.05) is 36.5 Å². The number of hydrogen-bond donors (Lipinski definition) is 1. The molecule has 0 unspecified atom stereocenters. The maximum atomic E-state index is 5.76. The van der Waals surface area contributed by atoms with Gasteiger partial charge < -0.3 is 24.1 Å². The molecule has 0 radical (unpaired) electrons. The minimum Gasteiger partial charge on any atom is -0.467 e. The fourth-order valence-corrected chi connectivity index (χ4v) is 3.05. The van der Waals surface area contributed by atoms with Crippen LogP contribution in [0.15, 0.2) is 35.1 Å². The van der Waals surface area contributed by atoms with Crippen LogP contribution in [0, 0.1) is 0 Å². The lowest BCUT2D eigenvalue weighted by Gasteiger charge is -2.38. The van der Waals surface area contributed by atoms with Crippen molar-refractivity contribution < 1.29 is 13.9 Å². The number of piperidine rings is 1. The Balaban J connectivity index is 1.38. The van der Waals surface area contributed by atoms with Crippen LogP contribution in [0.2, 0.25) is 0 Å². The predicted octanol–water partition coefficient (Wildman–Crippen LogP) is 2.02. The molecular weight excluding hydrogens is 296 g/mol. The van der Waals surface area contributed by atoms with E-state index in [0.717, 1.165) is 37.5 Å². The van der Waals surface area contributed by atoms with E-state index in [1.165, 1.54) is 0 Å². The van der Waals surface area contributed by atoms with Crippen molar-refractivity contribution in [3.05, 3.63) is 36.4 Å². The van der Waals surface area contributed by atoms with Gasteiger partial charge in [0.15, 0.2) is 5.79 Å². The van der Waals surface area contributed by atoms with Crippen molar-refractivity contribution in [2.45, 2.75) is 25.2 Å². The maximum Gasteiger partial charge on any atom is 0.224 e. The zero-order valence-electron chi connectivity index (χ0n) is 12.9. The molecule has 2 aromatic rings. The third-order valence-electron chi connectivity index (χ3n) is 4.30. The number of anilines is 2. The highest BCUT2D eigenvalue weighted by Crippen LogP contribution is 2.32. The molecule has 0 aromatic carbocycles. The second-order valence-electron chi connectivity index (χ2n) is 5.77. The Morgan fingerprint density at radius 3 is 2.74 bits per heavy atom. The average Bonchev–Trinajstić information content (AvgIpc) is 3.26. The SMILES string of the molecule is c1coc(CNc2nccc(N3CCC4(CC3)OCCO4)n2)c1. The predicted molar refractivity (Wildman–Crippen MR) is 84.1 cm³/mol. The minimum atomic E-state index is -0.357. The summed E-state index contributed by atoms with van der Waals surface area (Å²) in [7, 11) is 0. The highest BCUT2D eigenvalue weighted by atomic mass is 16.7. The highest BCUT2D eigenvalue weighted by molar-refractivity contribution is 5.43. The molecule has 0 atom stereocenters. The van der Waals surface area contributed by atoms with Gasteiger partial charge >= 0.3 is 0 Å². The maximum absolute atomic E-state index is 5.76. The van der Waals surface area contributed by atoms with Gasteiger partial charge in [0.1, 0.15) is 11.6 Å². The molecule has 7 heteroatoms. The summed E-state index contributed by atoms with van der Waals surface area (Å²) in [6.07, 6.45) is 5.17. The summed E-state index contributed by atoms with van der Waals surface area (Å²) in [5, 5.41) is 3.18. The Morgan fingerprint density at radius 2 is 2.00 bits per heavy atom. The van der Waals surface area contributed by atoms with E-state index in [4.69, 9.17) is 13.9 Å². The van der Waals surface area contributed by atoms with Gasteiger partial charge in [-0.2, -0.15) is 4.98 Å². The first kappa shape index (κ1) is 14.5. The van der Waals surface area contributed by atoms with E-state index in [1.54, 1.807) is 12.5 Å². The summed E-state index contributed by atoms with van der Waals surface area (Å²) in [6.45, 7) is 3.72. The van der Waals surface area contributed by atoms with Crippen LogP contribution in [0.4, 0.5) is 11.8 Å². The first-order valence-electron chi connectivity index (χ1n) is 7.95. The first-order valence-corrected chi connectivity index (χ1v) is 7.95. The second-order valence-corrected chi connectivity index (χ2v) is 5.77. The lowest BCUT2D eigenvalue weighted by atomic mass is 10.0. The highest BCUT2D eigenvalue weighted by Gasteiger charge is 2.40. The number of hydrogen-bond acceptors (Lipinski definition) is 7. The van der Waals surface area contributed by atoms with E-state index in [0.29, 0.717) is 25.7 Å². The molecule has 0 amide bonds. The summed E-state index contributed by atoms with van der Waals surface area (Å²) in [6, 6.07) is 5.72. The van der Waals surface area contributed by atoms with Gasteiger partial charge in [-0.1, -0.05) is 0 Å². The molecular formula is C16H20N4O3. The number of ether oxygens (including phenoxy) is 2. The average molecular weight is 316 g/mol. The summed E-state index contributed by atoms with van der Waals surface area (Å²) < 4.78 is 16.8. The molecule has 1 N–H and O–H groups in total. The molecule has 2 aromatic heterocycles. The van der Waals surface area contributed by atoms with Gasteiger partial charge in [0, 0.05) is 32.1 Å². The van der Waals surface area contributed by atoms with Gasteiger partial charge in [0.25, 0.3) is 0 Å². The molecule has 2 saturated heterocycles. The molecule has 23 heavy (non-hydrogen) atoms. The molecule has 4 heterocycles. The van der Waals surface area contributed by atoms with Gasteiger partial charge in [-0.25, -0.2) is 4.98 Å². The molecule has 122 valence electrons. The van der Waals surface area contributed by atoms with Crippen molar-refractivity contribution in [3.8, 4) is 0 Å². The van der Waals surface area contributed by atoms with Gasteiger partial charge in [0.2, 0.25) is 5.95 Å². The Hall–Kier alpha value is -2.12. The number of nitrogens with one attached hydrogen (secondary N) is 1. The Morgan fingerprint density at radius 1 is 1.17 bits per heavy atom. The number of rotatable bonds is 4. The summed E-state index contributed by atoms with van der Waals surface area (Å²) in [5.74, 6) is 2.03. The third kappa shape index (κ3) is 3.16. The molecule has 4 rings (SSSR count). The van der Waals surface area contributed by atoms with Crippen LogP contribution in [0.3, 0.4) is 0 Å². The van der Waals surface area contributed by atoms with Crippen molar-refractivity contribution in [2.24, 2.45) is 0 Å². The van der Waals surface area contributed by atoms with Crippen LogP contribution < -0.4 is 10.2 Å². The zero-order valence-corrected chi connectivity index (χ0v) is 12.9. The van der Waals surface area contributed by atoms with Crippen LogP contribution in [0.1, 0.15) is 18.6 Å². The van der Waals surface area contributed by atoms with Gasteiger partial charge in [-0.3, -0.25) is 0 Å². The van der Waals surface area contributed by atoms with Crippen LogP contribution in [-0.4, -0.2) is 42.1 Å². The molecule has 1 spiro atoms. The second kappa shape index (κ2) is 6.17. The van der Waals surface area contributed by atoms with E-state index in [9.17, 15) is 0 Å². The Labute approximate surface area is 134 Å². The lowest BCUT2D eigenvalue weighted by Crippen LogP contribution is -2.45. The summed E-state index contributed by atoms with van der Waals surface area (Å²) in [5.41, 5.74) is 0. The molecule has 7 nitrogen and oxygen atoms in total. The van der Waals surface area contributed by atoms with Crippen LogP contribution in [-0.2, 0) is 16.0 Å². The largest absolute Gasteiger partial charge is 0.467 e. The third-order valence-corrected chi connectivity index (χ3v) is 4.30. The van der Waals surface area contributed by atoms with Crippen LogP contribution >= 0.6 is 0 Å². The van der Waals surface area contributed by atoms with E-state index in [1.807, 2.05) is 18.2 Å². The fourth-order valence-electron chi connectivity index (χ4n) is 3.05. The lowest BCUT2D eigenvalue weighted by molar-refractivity contribution is -0.169. The van der Waals surface area contributed by atoms with Crippen molar-refractivity contribution in [3.63, 3.8) is 0 Å². The van der Waals surface area contributed by atoms with Crippen LogP contribution in [0.25, 0.3) is 0 Å². The topological polar surface area (TPSA) is 72.7 Å². The van der Waals surface area contributed by atoms with Crippen molar-refractivity contribution >= 4 is 11.8 Å². The number of nitrogens with zero attached hydrogens (tertiary/aromatic N) is 3. The van der Waals surface area contributed by atoms with Gasteiger partial charge in [-0.05, 0) is 18.2 Å². The Bertz CT molecular complexity index is 631. The smallest absolute Gasteiger partial charge is 0.224 e. The standard InChI is InChI=1S/C16H20N4O3/c1-2-13(21-9-1)12-18-15-17-6-3-14(19-15)20-7-4-16(5-8-20)22-10-11-23-16/h1-3,6,9H,4-5,7-8,10-12H2,(H,17,18,19). The summed E-state index contributed by atoms with van der Waals surface area (Å²) in [4.78, 5) is 11.1. The molecule has 0 saturated carbocycles.